The molecule has 0 atom stereocenters. The third-order valence-corrected chi connectivity index (χ3v) is 5.67. The quantitative estimate of drug-likeness (QED) is 0.286. The summed E-state index contributed by atoms with van der Waals surface area (Å²) in [4.78, 5) is 26.0. The van der Waals surface area contributed by atoms with Gasteiger partial charge < -0.3 is 14.5 Å². The summed E-state index contributed by atoms with van der Waals surface area (Å²) in [6, 6.07) is 19.8. The lowest BCUT2D eigenvalue weighted by Crippen LogP contribution is -2.24. The van der Waals surface area contributed by atoms with Gasteiger partial charge in [-0.3, -0.25) is 9.59 Å². The number of carbonyl (C=O) groups excluding carboxylic acids is 2. The summed E-state index contributed by atoms with van der Waals surface area (Å²) in [5.74, 6) is -0.853. The molecule has 5 nitrogen and oxygen atoms in total. The Bertz CT molecular complexity index is 1280. The number of carbonyl (C=O) groups is 2. The molecule has 2 aromatic carbocycles. The van der Waals surface area contributed by atoms with E-state index in [0.29, 0.717) is 32.1 Å². The molecule has 0 aliphatic heterocycles. The van der Waals surface area contributed by atoms with Crippen molar-refractivity contribution >= 4 is 50.4 Å². The molecule has 30 heavy (non-hydrogen) atoms. The second kappa shape index (κ2) is 8.34. The fourth-order valence-electron chi connectivity index (χ4n) is 3.26. The number of pyridine rings is 1. The van der Waals surface area contributed by atoms with E-state index in [-0.39, 0.29) is 5.69 Å². The summed E-state index contributed by atoms with van der Waals surface area (Å²) in [7, 11) is 1.54. The van der Waals surface area contributed by atoms with Crippen LogP contribution in [0.1, 0.15) is 10.5 Å². The smallest absolute Gasteiger partial charge is 0.298 e. The molecule has 2 heterocycles. The van der Waals surface area contributed by atoms with Crippen LogP contribution in [0.5, 0.6) is 5.75 Å². The van der Waals surface area contributed by atoms with Gasteiger partial charge in [-0.1, -0.05) is 35.9 Å². The van der Waals surface area contributed by atoms with Crippen LogP contribution < -0.4 is 10.1 Å². The van der Waals surface area contributed by atoms with Crippen molar-refractivity contribution in [2.75, 3.05) is 12.4 Å². The SMILES string of the molecule is COc1ccc(-c2cc3ccccn3c2C(=O)C(=O)Nc2ccccc2Br)cc1Cl. The van der Waals surface area contributed by atoms with E-state index in [9.17, 15) is 9.59 Å². The number of aromatic nitrogens is 1. The molecule has 0 saturated heterocycles. The van der Waals surface area contributed by atoms with Gasteiger partial charge in [0.05, 0.1) is 17.8 Å². The van der Waals surface area contributed by atoms with Gasteiger partial charge in [0.1, 0.15) is 11.4 Å². The summed E-state index contributed by atoms with van der Waals surface area (Å²) in [6.45, 7) is 0. The van der Waals surface area contributed by atoms with Crippen LogP contribution in [0.25, 0.3) is 16.6 Å². The van der Waals surface area contributed by atoms with Gasteiger partial charge >= 0.3 is 0 Å². The van der Waals surface area contributed by atoms with E-state index < -0.39 is 11.7 Å². The molecule has 150 valence electrons. The minimum Gasteiger partial charge on any atom is -0.495 e. The standard InChI is InChI=1S/C23H16BrClN2O3/c1-30-20-10-9-14(12-18(20)25)16-13-15-6-4-5-11-27(15)21(16)22(28)23(29)26-19-8-3-2-7-17(19)24/h2-13H,1H3,(H,26,29). The number of benzene rings is 2. The molecule has 0 saturated carbocycles. The molecule has 0 aliphatic carbocycles. The Morgan fingerprint density at radius 3 is 2.53 bits per heavy atom. The molecule has 4 aromatic rings. The van der Waals surface area contributed by atoms with Gasteiger partial charge in [0, 0.05) is 21.7 Å². The zero-order chi connectivity index (χ0) is 21.3. The Balaban J connectivity index is 1.80. The third-order valence-electron chi connectivity index (χ3n) is 4.69. The lowest BCUT2D eigenvalue weighted by Gasteiger charge is -2.10. The van der Waals surface area contributed by atoms with Crippen molar-refractivity contribution in [1.82, 2.24) is 4.40 Å². The van der Waals surface area contributed by atoms with Crippen molar-refractivity contribution in [1.29, 1.82) is 0 Å². The Labute approximate surface area is 186 Å². The second-order valence-corrected chi connectivity index (χ2v) is 7.78. The zero-order valence-electron chi connectivity index (χ0n) is 15.9. The number of ketones is 1. The highest BCUT2D eigenvalue weighted by atomic mass is 79.9. The highest BCUT2D eigenvalue weighted by molar-refractivity contribution is 9.10. The Morgan fingerprint density at radius 2 is 1.80 bits per heavy atom. The molecule has 7 heteroatoms. The molecule has 1 amide bonds. The first-order valence-corrected chi connectivity index (χ1v) is 10.2. The molecule has 1 N–H and O–H groups in total. The molecule has 0 aliphatic rings. The largest absolute Gasteiger partial charge is 0.495 e. The average molecular weight is 484 g/mol. The second-order valence-electron chi connectivity index (χ2n) is 6.51. The Hall–Kier alpha value is -3.09. The van der Waals surface area contributed by atoms with Crippen LogP contribution in [-0.2, 0) is 4.79 Å². The molecule has 2 aromatic heterocycles. The number of nitrogens with zero attached hydrogens (tertiary/aromatic N) is 1. The summed E-state index contributed by atoms with van der Waals surface area (Å²) in [5.41, 5.74) is 2.89. The van der Waals surface area contributed by atoms with Crippen molar-refractivity contribution < 1.29 is 14.3 Å². The zero-order valence-corrected chi connectivity index (χ0v) is 18.2. The molecule has 0 fully saturated rings. The number of hydrogen-bond acceptors (Lipinski definition) is 3. The van der Waals surface area contributed by atoms with Crippen LogP contribution >= 0.6 is 27.5 Å². The summed E-state index contributed by atoms with van der Waals surface area (Å²) in [5, 5.41) is 3.09. The monoisotopic (exact) mass is 482 g/mol. The fourth-order valence-corrected chi connectivity index (χ4v) is 3.90. The molecule has 0 unspecified atom stereocenters. The lowest BCUT2D eigenvalue weighted by molar-refractivity contribution is -0.112. The first-order chi connectivity index (χ1) is 14.5. The van der Waals surface area contributed by atoms with Gasteiger partial charge in [0.15, 0.2) is 0 Å². The van der Waals surface area contributed by atoms with E-state index >= 15 is 0 Å². The van der Waals surface area contributed by atoms with Crippen molar-refractivity contribution in [3.8, 4) is 16.9 Å². The highest BCUT2D eigenvalue weighted by Crippen LogP contribution is 2.34. The van der Waals surface area contributed by atoms with E-state index in [1.807, 2.05) is 30.3 Å². The van der Waals surface area contributed by atoms with E-state index in [4.69, 9.17) is 16.3 Å². The summed E-state index contributed by atoms with van der Waals surface area (Å²) >= 11 is 9.67. The Kier molecular flexibility index (Phi) is 5.61. The van der Waals surface area contributed by atoms with Gasteiger partial charge in [-0.05, 0) is 64.0 Å². The Morgan fingerprint density at radius 1 is 1.03 bits per heavy atom. The maximum Gasteiger partial charge on any atom is 0.298 e. The van der Waals surface area contributed by atoms with Gasteiger partial charge in [0.2, 0.25) is 0 Å². The molecule has 4 rings (SSSR count). The topological polar surface area (TPSA) is 59.8 Å². The van der Waals surface area contributed by atoms with E-state index in [1.54, 1.807) is 47.0 Å². The van der Waals surface area contributed by atoms with Crippen LogP contribution in [0, 0.1) is 0 Å². The van der Waals surface area contributed by atoms with Gasteiger partial charge in [0.25, 0.3) is 11.7 Å². The first kappa shape index (κ1) is 20.2. The van der Waals surface area contributed by atoms with Crippen LogP contribution in [0.4, 0.5) is 5.69 Å². The molecular formula is C23H16BrClN2O3. The number of hydrogen-bond donors (Lipinski definition) is 1. The normalized spacial score (nSPS) is 10.8. The third kappa shape index (κ3) is 3.72. The number of para-hydroxylation sites is 1. The van der Waals surface area contributed by atoms with Crippen molar-refractivity contribution in [3.63, 3.8) is 0 Å². The number of ether oxygens (including phenoxy) is 1. The van der Waals surface area contributed by atoms with E-state index in [0.717, 1.165) is 5.52 Å². The van der Waals surface area contributed by atoms with E-state index in [2.05, 4.69) is 21.2 Å². The number of fused-ring (bicyclic) bond motifs is 1. The number of Topliss-reactive ketones (excluding diaryl/α,β-unsaturated/α-hetero) is 1. The predicted octanol–water partition coefficient (Wildman–Crippen LogP) is 5.85. The number of halogens is 2. The highest BCUT2D eigenvalue weighted by Gasteiger charge is 2.25. The molecule has 0 spiro atoms. The van der Waals surface area contributed by atoms with Crippen LogP contribution in [0.15, 0.2) is 77.4 Å². The van der Waals surface area contributed by atoms with Gasteiger partial charge in [-0.15, -0.1) is 0 Å². The molecular weight excluding hydrogens is 468 g/mol. The van der Waals surface area contributed by atoms with Gasteiger partial charge in [-0.25, -0.2) is 0 Å². The van der Waals surface area contributed by atoms with Crippen molar-refractivity contribution in [2.24, 2.45) is 0 Å². The lowest BCUT2D eigenvalue weighted by atomic mass is 10.0. The number of anilines is 1. The number of rotatable bonds is 5. The maximum atomic E-state index is 13.2. The number of nitrogens with one attached hydrogen (secondary N) is 1. The molecule has 0 bridgehead atoms. The maximum absolute atomic E-state index is 13.2. The van der Waals surface area contributed by atoms with Crippen LogP contribution in [-0.4, -0.2) is 23.2 Å². The van der Waals surface area contributed by atoms with Crippen LogP contribution in [0.3, 0.4) is 0 Å². The predicted molar refractivity (Wildman–Crippen MR) is 121 cm³/mol. The van der Waals surface area contributed by atoms with E-state index in [1.165, 1.54) is 7.11 Å². The summed E-state index contributed by atoms with van der Waals surface area (Å²) < 4.78 is 7.61. The number of amides is 1. The first-order valence-electron chi connectivity index (χ1n) is 9.04. The summed E-state index contributed by atoms with van der Waals surface area (Å²) in [6.07, 6.45) is 1.75. The minimum atomic E-state index is -0.730. The van der Waals surface area contributed by atoms with Crippen molar-refractivity contribution in [3.05, 3.63) is 88.1 Å². The number of methoxy groups -OCH3 is 1. The minimum absolute atomic E-state index is 0.261. The molecule has 0 radical (unpaired) electrons. The average Bonchev–Trinajstić information content (AvgIpc) is 3.14. The fraction of sp³-hybridized carbons (Fsp3) is 0.0435. The van der Waals surface area contributed by atoms with Gasteiger partial charge in [-0.2, -0.15) is 0 Å². The van der Waals surface area contributed by atoms with Crippen molar-refractivity contribution in [2.45, 2.75) is 0 Å². The van der Waals surface area contributed by atoms with Crippen LogP contribution in [0.2, 0.25) is 5.02 Å².